The van der Waals surface area contributed by atoms with E-state index in [-0.39, 0.29) is 66.3 Å². The van der Waals surface area contributed by atoms with E-state index in [2.05, 4.69) is 25.7 Å². The largest absolute Gasteiger partial charge is 0.465 e. The maximum Gasteiger partial charge on any atom is 0.335 e. The van der Waals surface area contributed by atoms with Crippen LogP contribution in [0.3, 0.4) is 0 Å². The zero-order chi connectivity index (χ0) is 28.4. The number of ether oxygens (including phenoxy) is 3. The standard InChI is InChI=1S/C31H40FNO6/c1-19-6-11-27-30(4,14-12-28(39-21(3)35)31(27,5)18-38-20(2)34)25(19)16-26(24-13-15-37-29(24)36)33-17-22-7-9-23(32)10-8-22/h7-10,13,25-28,33H,1,6,11-12,14-18H2,2-5H3/t25-,26?,27+,28-,30+,31+/m1/s1. The van der Waals surface area contributed by atoms with Gasteiger partial charge in [0, 0.05) is 31.8 Å². The second kappa shape index (κ2) is 11.6. The smallest absolute Gasteiger partial charge is 0.335 e. The summed E-state index contributed by atoms with van der Waals surface area (Å²) >= 11 is 0. The number of fused-ring (bicyclic) bond motifs is 1. The molecule has 0 aromatic heterocycles. The van der Waals surface area contributed by atoms with E-state index in [1.807, 2.05) is 6.08 Å². The van der Waals surface area contributed by atoms with Crippen LogP contribution in [0, 0.1) is 28.5 Å². The van der Waals surface area contributed by atoms with Gasteiger partial charge in [0.05, 0.1) is 5.57 Å². The number of cyclic esters (lactones) is 1. The molecular formula is C31H40FNO6. The summed E-state index contributed by atoms with van der Waals surface area (Å²) in [6.07, 6.45) is 5.20. The van der Waals surface area contributed by atoms with Gasteiger partial charge in [-0.05, 0) is 73.1 Å². The molecule has 0 bridgehead atoms. The van der Waals surface area contributed by atoms with E-state index < -0.39 is 5.41 Å². The number of carbonyl (C=O) groups is 3. The van der Waals surface area contributed by atoms with Gasteiger partial charge in [-0.3, -0.25) is 9.59 Å². The van der Waals surface area contributed by atoms with E-state index in [1.54, 1.807) is 12.1 Å². The summed E-state index contributed by atoms with van der Waals surface area (Å²) in [5.41, 5.74) is 1.86. The van der Waals surface area contributed by atoms with E-state index in [9.17, 15) is 18.8 Å². The predicted octanol–water partition coefficient (Wildman–Crippen LogP) is 5.04. The first-order chi connectivity index (χ1) is 18.4. The third-order valence-corrected chi connectivity index (χ3v) is 9.28. The minimum Gasteiger partial charge on any atom is -0.465 e. The third-order valence-electron chi connectivity index (χ3n) is 9.28. The Morgan fingerprint density at radius 3 is 2.51 bits per heavy atom. The minimum atomic E-state index is -0.564. The minimum absolute atomic E-state index is 0.0613. The molecule has 1 heterocycles. The molecule has 8 heteroatoms. The molecule has 0 radical (unpaired) electrons. The molecule has 1 unspecified atom stereocenters. The van der Waals surface area contributed by atoms with E-state index in [4.69, 9.17) is 14.2 Å². The fourth-order valence-electron chi connectivity index (χ4n) is 7.31. The molecule has 1 aliphatic heterocycles. The summed E-state index contributed by atoms with van der Waals surface area (Å²) < 4.78 is 30.1. The molecule has 1 N–H and O–H groups in total. The van der Waals surface area contributed by atoms with Gasteiger partial charge in [-0.2, -0.15) is 0 Å². The molecule has 39 heavy (non-hydrogen) atoms. The molecule has 2 saturated carbocycles. The SMILES string of the molecule is C=C1CC[C@@H]2[C@](C)(COC(C)=O)[C@H](OC(C)=O)CC[C@@]2(C)[C@@H]1CC(NCc1ccc(F)cc1)C1=CCOC1=O. The molecule has 0 saturated heterocycles. The lowest BCUT2D eigenvalue weighted by atomic mass is 9.46. The molecule has 0 spiro atoms. The second-order valence-electron chi connectivity index (χ2n) is 11.8. The van der Waals surface area contributed by atoms with Crippen molar-refractivity contribution in [1.82, 2.24) is 5.32 Å². The first-order valence-corrected chi connectivity index (χ1v) is 13.8. The zero-order valence-corrected chi connectivity index (χ0v) is 23.4. The van der Waals surface area contributed by atoms with Gasteiger partial charge in [0.2, 0.25) is 0 Å². The number of halogens is 1. The quantitative estimate of drug-likeness (QED) is 0.266. The fourth-order valence-corrected chi connectivity index (χ4v) is 7.31. The van der Waals surface area contributed by atoms with Crippen molar-refractivity contribution in [2.24, 2.45) is 22.7 Å². The molecular weight excluding hydrogens is 501 g/mol. The average molecular weight is 542 g/mol. The third kappa shape index (κ3) is 6.11. The first-order valence-electron chi connectivity index (χ1n) is 13.8. The highest BCUT2D eigenvalue weighted by Gasteiger charge is 2.60. The Hall–Kier alpha value is -3.00. The molecule has 2 aliphatic carbocycles. The Morgan fingerprint density at radius 2 is 1.90 bits per heavy atom. The predicted molar refractivity (Wildman–Crippen MR) is 144 cm³/mol. The Kier molecular flexibility index (Phi) is 8.64. The molecule has 4 rings (SSSR count). The van der Waals surface area contributed by atoms with Crippen molar-refractivity contribution >= 4 is 17.9 Å². The van der Waals surface area contributed by atoms with Crippen LogP contribution >= 0.6 is 0 Å². The summed E-state index contributed by atoms with van der Waals surface area (Å²) in [4.78, 5) is 36.5. The van der Waals surface area contributed by atoms with Crippen LogP contribution in [0.5, 0.6) is 0 Å². The molecule has 7 nitrogen and oxygen atoms in total. The van der Waals surface area contributed by atoms with E-state index >= 15 is 0 Å². The van der Waals surface area contributed by atoms with Crippen molar-refractivity contribution in [3.8, 4) is 0 Å². The van der Waals surface area contributed by atoms with Crippen LogP contribution in [0.15, 0.2) is 48.1 Å². The maximum atomic E-state index is 13.4. The van der Waals surface area contributed by atoms with Gasteiger partial charge >= 0.3 is 17.9 Å². The Bertz CT molecular complexity index is 1150. The Labute approximate surface area is 230 Å². The lowest BCUT2D eigenvalue weighted by Crippen LogP contribution is -2.59. The van der Waals surface area contributed by atoms with Crippen molar-refractivity contribution in [2.45, 2.75) is 78.5 Å². The number of rotatable bonds is 9. The molecule has 0 amide bonds. The van der Waals surface area contributed by atoms with Crippen LogP contribution in [0.25, 0.3) is 0 Å². The van der Waals surface area contributed by atoms with E-state index in [0.29, 0.717) is 25.0 Å². The van der Waals surface area contributed by atoms with Crippen LogP contribution in [-0.2, 0) is 35.1 Å². The van der Waals surface area contributed by atoms with Crippen LogP contribution in [0.4, 0.5) is 4.39 Å². The van der Waals surface area contributed by atoms with Crippen molar-refractivity contribution in [3.05, 3.63) is 59.4 Å². The van der Waals surface area contributed by atoms with Crippen molar-refractivity contribution in [2.75, 3.05) is 13.2 Å². The lowest BCUT2D eigenvalue weighted by molar-refractivity contribution is -0.191. The van der Waals surface area contributed by atoms with Gasteiger partial charge in [0.1, 0.15) is 25.1 Å². The first kappa shape index (κ1) is 29.0. The molecule has 2 fully saturated rings. The van der Waals surface area contributed by atoms with Gasteiger partial charge in [0.25, 0.3) is 0 Å². The Balaban J connectivity index is 1.63. The summed E-state index contributed by atoms with van der Waals surface area (Å²) in [5, 5.41) is 3.53. The summed E-state index contributed by atoms with van der Waals surface area (Å²) in [6, 6.07) is 6.03. The average Bonchev–Trinajstić information content (AvgIpc) is 3.30. The number of carbonyl (C=O) groups excluding carboxylic acids is 3. The number of benzene rings is 1. The van der Waals surface area contributed by atoms with Gasteiger partial charge in [0.15, 0.2) is 0 Å². The number of hydrogen-bond donors (Lipinski definition) is 1. The number of nitrogens with one attached hydrogen (secondary N) is 1. The summed E-state index contributed by atoms with van der Waals surface area (Å²) in [7, 11) is 0. The second-order valence-corrected chi connectivity index (χ2v) is 11.8. The molecule has 1 aromatic rings. The van der Waals surface area contributed by atoms with Crippen molar-refractivity contribution in [1.29, 1.82) is 0 Å². The van der Waals surface area contributed by atoms with E-state index in [0.717, 1.165) is 30.4 Å². The van der Waals surface area contributed by atoms with E-state index in [1.165, 1.54) is 26.0 Å². The Morgan fingerprint density at radius 1 is 1.18 bits per heavy atom. The highest BCUT2D eigenvalue weighted by molar-refractivity contribution is 5.91. The number of esters is 3. The fraction of sp³-hybridized carbons (Fsp3) is 0.581. The molecule has 1 aromatic carbocycles. The highest BCUT2D eigenvalue weighted by atomic mass is 19.1. The van der Waals surface area contributed by atoms with Crippen LogP contribution in [0.1, 0.15) is 65.4 Å². The highest BCUT2D eigenvalue weighted by Crippen LogP contribution is 2.62. The lowest BCUT2D eigenvalue weighted by Gasteiger charge is -2.60. The van der Waals surface area contributed by atoms with Crippen LogP contribution < -0.4 is 5.32 Å². The molecule has 212 valence electrons. The van der Waals surface area contributed by atoms with Crippen molar-refractivity contribution < 1.29 is 33.0 Å². The van der Waals surface area contributed by atoms with Crippen LogP contribution in [-0.4, -0.2) is 43.3 Å². The zero-order valence-electron chi connectivity index (χ0n) is 23.4. The van der Waals surface area contributed by atoms with Crippen LogP contribution in [0.2, 0.25) is 0 Å². The number of allylic oxidation sites excluding steroid dienone is 1. The topological polar surface area (TPSA) is 90.9 Å². The van der Waals surface area contributed by atoms with Gasteiger partial charge in [-0.15, -0.1) is 0 Å². The van der Waals surface area contributed by atoms with Gasteiger partial charge < -0.3 is 19.5 Å². The summed E-state index contributed by atoms with van der Waals surface area (Å²) in [6.45, 7) is 12.5. The molecule has 3 aliphatic rings. The summed E-state index contributed by atoms with van der Waals surface area (Å²) in [5.74, 6) is -1.17. The normalized spacial score (nSPS) is 31.1. The monoisotopic (exact) mass is 541 g/mol. The molecule has 6 atom stereocenters. The maximum absolute atomic E-state index is 13.4. The van der Waals surface area contributed by atoms with Crippen molar-refractivity contribution in [3.63, 3.8) is 0 Å². The van der Waals surface area contributed by atoms with Gasteiger partial charge in [-0.25, -0.2) is 9.18 Å². The van der Waals surface area contributed by atoms with Gasteiger partial charge in [-0.1, -0.05) is 38.1 Å². The number of hydrogen-bond acceptors (Lipinski definition) is 7.